The summed E-state index contributed by atoms with van der Waals surface area (Å²) >= 11 is 0. The molecule has 1 unspecified atom stereocenters. The number of rotatable bonds is 3. The van der Waals surface area contributed by atoms with Crippen LogP contribution in [0.25, 0.3) is 0 Å². The van der Waals surface area contributed by atoms with Gasteiger partial charge in [-0.15, -0.1) is 0 Å². The van der Waals surface area contributed by atoms with Gasteiger partial charge in [-0.25, -0.2) is 4.39 Å². The average Bonchev–Trinajstić information content (AvgIpc) is 2.27. The van der Waals surface area contributed by atoms with E-state index in [4.69, 9.17) is 5.11 Å². The Balaban J connectivity index is 3.08. The van der Waals surface area contributed by atoms with Gasteiger partial charge in [0.15, 0.2) is 0 Å². The molecule has 1 atom stereocenters. The summed E-state index contributed by atoms with van der Waals surface area (Å²) in [6.45, 7) is 2.47. The highest BCUT2D eigenvalue weighted by molar-refractivity contribution is 5.28. The van der Waals surface area contributed by atoms with Crippen molar-refractivity contribution in [1.29, 1.82) is 0 Å². The Morgan fingerprint density at radius 3 is 2.29 bits per heavy atom. The van der Waals surface area contributed by atoms with E-state index in [-0.39, 0.29) is 5.56 Å². The van der Waals surface area contributed by atoms with Gasteiger partial charge < -0.3 is 5.11 Å². The second-order valence-electron chi connectivity index (χ2n) is 4.63. The Hall–Kier alpha value is -1.10. The van der Waals surface area contributed by atoms with Crippen molar-refractivity contribution in [1.82, 2.24) is 0 Å². The number of aliphatic hydroxyl groups is 1. The number of hydrogen-bond donors (Lipinski definition) is 1. The number of halogens is 4. The molecule has 0 spiro atoms. The maximum absolute atomic E-state index is 14.0. The van der Waals surface area contributed by atoms with E-state index in [1.807, 2.05) is 0 Å². The first-order valence-corrected chi connectivity index (χ1v) is 5.10. The summed E-state index contributed by atoms with van der Waals surface area (Å²) in [7, 11) is 0. The van der Waals surface area contributed by atoms with Crippen LogP contribution in [0.5, 0.6) is 0 Å². The molecule has 0 fully saturated rings. The topological polar surface area (TPSA) is 20.2 Å². The summed E-state index contributed by atoms with van der Waals surface area (Å²) in [6, 6.07) is 4.12. The van der Waals surface area contributed by atoms with Crippen molar-refractivity contribution in [3.8, 4) is 0 Å². The quantitative estimate of drug-likeness (QED) is 0.810. The first-order chi connectivity index (χ1) is 7.68. The van der Waals surface area contributed by atoms with Crippen molar-refractivity contribution in [2.45, 2.75) is 26.2 Å². The second-order valence-corrected chi connectivity index (χ2v) is 4.63. The lowest BCUT2D eigenvalue weighted by atomic mass is 9.84. The maximum atomic E-state index is 14.0. The molecule has 0 aliphatic carbocycles. The summed E-state index contributed by atoms with van der Waals surface area (Å²) in [5, 5.41) is 8.99. The Bertz CT molecular complexity index is 384. The van der Waals surface area contributed by atoms with E-state index in [9.17, 15) is 17.6 Å². The van der Waals surface area contributed by atoms with Crippen LogP contribution in [0, 0.1) is 5.41 Å². The lowest BCUT2D eigenvalue weighted by Crippen LogP contribution is -2.23. The van der Waals surface area contributed by atoms with E-state index >= 15 is 0 Å². The van der Waals surface area contributed by atoms with Crippen LogP contribution in [0.1, 0.15) is 31.1 Å². The van der Waals surface area contributed by atoms with Gasteiger partial charge in [0.05, 0.1) is 12.2 Å². The molecule has 0 aliphatic heterocycles. The fourth-order valence-corrected chi connectivity index (χ4v) is 1.40. The van der Waals surface area contributed by atoms with Crippen LogP contribution in [0.3, 0.4) is 0 Å². The van der Waals surface area contributed by atoms with Crippen molar-refractivity contribution >= 4 is 0 Å². The predicted molar refractivity (Wildman–Crippen MR) is 56.2 cm³/mol. The Morgan fingerprint density at radius 2 is 1.82 bits per heavy atom. The van der Waals surface area contributed by atoms with Gasteiger partial charge in [-0.1, -0.05) is 26.0 Å². The van der Waals surface area contributed by atoms with Crippen LogP contribution in [0.4, 0.5) is 17.6 Å². The van der Waals surface area contributed by atoms with E-state index in [1.54, 1.807) is 0 Å². The Kier molecular flexibility index (Phi) is 3.81. The van der Waals surface area contributed by atoms with Crippen molar-refractivity contribution < 1.29 is 22.7 Å². The molecular weight excluding hydrogens is 236 g/mol. The molecule has 0 amide bonds. The molecule has 5 heteroatoms. The molecule has 0 radical (unpaired) electrons. The molecule has 1 aromatic carbocycles. The number of benzene rings is 1. The first-order valence-electron chi connectivity index (χ1n) is 5.10. The zero-order valence-corrected chi connectivity index (χ0v) is 9.55. The molecular formula is C12H14F4O. The van der Waals surface area contributed by atoms with E-state index in [0.717, 1.165) is 18.2 Å². The third-order valence-corrected chi connectivity index (χ3v) is 2.60. The largest absolute Gasteiger partial charge is 0.416 e. The molecule has 1 rings (SSSR count). The van der Waals surface area contributed by atoms with Gasteiger partial charge in [0.2, 0.25) is 0 Å². The summed E-state index contributed by atoms with van der Waals surface area (Å²) in [6.07, 6.45) is -6.13. The van der Waals surface area contributed by atoms with Gasteiger partial charge in [0, 0.05) is 5.41 Å². The van der Waals surface area contributed by atoms with Crippen LogP contribution >= 0.6 is 0 Å². The monoisotopic (exact) mass is 250 g/mol. The minimum absolute atomic E-state index is 0.0705. The van der Waals surface area contributed by atoms with E-state index in [0.29, 0.717) is 0 Å². The summed E-state index contributed by atoms with van der Waals surface area (Å²) in [5.74, 6) is 0. The van der Waals surface area contributed by atoms with Crippen molar-refractivity contribution in [3.63, 3.8) is 0 Å². The average molecular weight is 250 g/mol. The van der Waals surface area contributed by atoms with Crippen molar-refractivity contribution in [2.24, 2.45) is 5.41 Å². The standard InChI is InChI=1S/C12H14F4O/c1-11(2,7-17)10(13)8-4-3-5-9(6-8)12(14,15)16/h3-6,10,17H,7H2,1-2H3. The normalized spacial score (nSPS) is 14.8. The molecule has 0 saturated heterocycles. The number of alkyl halides is 4. The highest BCUT2D eigenvalue weighted by Gasteiger charge is 2.34. The molecule has 1 nitrogen and oxygen atoms in total. The van der Waals surface area contributed by atoms with Gasteiger partial charge in [-0.3, -0.25) is 0 Å². The van der Waals surface area contributed by atoms with E-state index < -0.39 is 29.9 Å². The summed E-state index contributed by atoms with van der Waals surface area (Å²) < 4.78 is 51.3. The Morgan fingerprint density at radius 1 is 1.24 bits per heavy atom. The smallest absolute Gasteiger partial charge is 0.396 e. The molecule has 96 valence electrons. The minimum Gasteiger partial charge on any atom is -0.396 e. The van der Waals surface area contributed by atoms with E-state index in [1.165, 1.54) is 19.9 Å². The van der Waals surface area contributed by atoms with Gasteiger partial charge in [-0.05, 0) is 17.7 Å². The summed E-state index contributed by atoms with van der Waals surface area (Å²) in [5.41, 5.74) is -2.06. The molecule has 0 aliphatic rings. The fourth-order valence-electron chi connectivity index (χ4n) is 1.40. The molecule has 0 aromatic heterocycles. The van der Waals surface area contributed by atoms with Crippen LogP contribution in [-0.2, 0) is 6.18 Å². The molecule has 1 aromatic rings. The highest BCUT2D eigenvalue weighted by Crippen LogP contribution is 2.38. The number of hydrogen-bond acceptors (Lipinski definition) is 1. The molecule has 0 bridgehead atoms. The van der Waals surface area contributed by atoms with Crippen LogP contribution in [0.2, 0.25) is 0 Å². The zero-order valence-electron chi connectivity index (χ0n) is 9.55. The highest BCUT2D eigenvalue weighted by atomic mass is 19.4. The van der Waals surface area contributed by atoms with Crippen LogP contribution in [0.15, 0.2) is 24.3 Å². The predicted octanol–water partition coefficient (Wildman–Crippen LogP) is 3.73. The van der Waals surface area contributed by atoms with Gasteiger partial charge in [0.25, 0.3) is 0 Å². The minimum atomic E-state index is -4.49. The molecule has 0 heterocycles. The third kappa shape index (κ3) is 3.19. The van der Waals surface area contributed by atoms with Crippen molar-refractivity contribution in [3.05, 3.63) is 35.4 Å². The lowest BCUT2D eigenvalue weighted by molar-refractivity contribution is -0.137. The van der Waals surface area contributed by atoms with Crippen LogP contribution < -0.4 is 0 Å². The van der Waals surface area contributed by atoms with Gasteiger partial charge in [-0.2, -0.15) is 13.2 Å². The molecule has 0 saturated carbocycles. The first kappa shape index (κ1) is 14.0. The van der Waals surface area contributed by atoms with E-state index in [2.05, 4.69) is 0 Å². The third-order valence-electron chi connectivity index (χ3n) is 2.60. The molecule has 1 N–H and O–H groups in total. The second kappa shape index (κ2) is 4.64. The van der Waals surface area contributed by atoms with Gasteiger partial charge >= 0.3 is 6.18 Å². The zero-order chi connectivity index (χ0) is 13.3. The lowest BCUT2D eigenvalue weighted by Gasteiger charge is -2.26. The van der Waals surface area contributed by atoms with Crippen molar-refractivity contribution in [2.75, 3.05) is 6.61 Å². The summed E-state index contributed by atoms with van der Waals surface area (Å²) in [4.78, 5) is 0. The SMILES string of the molecule is CC(C)(CO)C(F)c1cccc(C(F)(F)F)c1. The maximum Gasteiger partial charge on any atom is 0.416 e. The fraction of sp³-hybridized carbons (Fsp3) is 0.500. The Labute approximate surface area is 97.1 Å². The molecule has 17 heavy (non-hydrogen) atoms. The van der Waals surface area contributed by atoms with Gasteiger partial charge in [0.1, 0.15) is 6.17 Å². The number of aliphatic hydroxyl groups excluding tert-OH is 1. The van der Waals surface area contributed by atoms with Crippen LogP contribution in [-0.4, -0.2) is 11.7 Å².